The molecule has 16 heavy (non-hydrogen) atoms. The van der Waals surface area contributed by atoms with Crippen molar-refractivity contribution in [2.24, 2.45) is 5.92 Å². The zero-order valence-electron chi connectivity index (χ0n) is 10.2. The van der Waals surface area contributed by atoms with Gasteiger partial charge in [0, 0.05) is 12.2 Å². The number of hydrogen-bond donors (Lipinski definition) is 1. The van der Waals surface area contributed by atoms with Gasteiger partial charge in [-0.2, -0.15) is 0 Å². The zero-order valence-corrected chi connectivity index (χ0v) is 10.2. The Kier molecular flexibility index (Phi) is 3.83. The van der Waals surface area contributed by atoms with Crippen molar-refractivity contribution in [3.63, 3.8) is 0 Å². The van der Waals surface area contributed by atoms with Gasteiger partial charge in [0.25, 0.3) is 0 Å². The summed E-state index contributed by atoms with van der Waals surface area (Å²) in [6.45, 7) is 2.49. The molecule has 2 N–H and O–H groups in total. The Hall–Kier alpha value is -1.02. The third-order valence-corrected chi connectivity index (χ3v) is 3.22. The summed E-state index contributed by atoms with van der Waals surface area (Å²) < 4.78 is 0. The lowest BCUT2D eigenvalue weighted by Crippen LogP contribution is -2.22. The highest BCUT2D eigenvalue weighted by Crippen LogP contribution is 2.29. The molecule has 1 saturated carbocycles. The number of nitrogen functional groups attached to an aromatic ring is 1. The van der Waals surface area contributed by atoms with Gasteiger partial charge in [0.2, 0.25) is 0 Å². The van der Waals surface area contributed by atoms with Crippen LogP contribution >= 0.6 is 0 Å². The van der Waals surface area contributed by atoms with Crippen LogP contribution in [0.5, 0.6) is 0 Å². The van der Waals surface area contributed by atoms with Crippen LogP contribution in [0.15, 0.2) is 24.3 Å². The maximum absolute atomic E-state index is 5.75. The molecule has 2 heteroatoms. The fourth-order valence-corrected chi connectivity index (χ4v) is 2.13. The first-order chi connectivity index (χ1) is 7.74. The second kappa shape index (κ2) is 5.35. The van der Waals surface area contributed by atoms with E-state index in [1.165, 1.54) is 37.9 Å². The molecular weight excluding hydrogens is 196 g/mol. The highest BCUT2D eigenvalue weighted by molar-refractivity contribution is 5.40. The molecule has 1 aliphatic rings. The van der Waals surface area contributed by atoms with Crippen molar-refractivity contribution in [2.45, 2.75) is 25.7 Å². The lowest BCUT2D eigenvalue weighted by atomic mass is 10.1. The van der Waals surface area contributed by atoms with Crippen LogP contribution in [0.1, 0.15) is 24.8 Å². The van der Waals surface area contributed by atoms with E-state index in [-0.39, 0.29) is 0 Å². The van der Waals surface area contributed by atoms with E-state index in [9.17, 15) is 0 Å². The van der Waals surface area contributed by atoms with E-state index in [4.69, 9.17) is 5.73 Å². The van der Waals surface area contributed by atoms with E-state index < -0.39 is 0 Å². The zero-order chi connectivity index (χ0) is 11.4. The Balaban J connectivity index is 1.66. The first-order valence-corrected chi connectivity index (χ1v) is 6.27. The molecule has 0 heterocycles. The number of aryl methyl sites for hydroxylation is 1. The van der Waals surface area contributed by atoms with E-state index in [0.29, 0.717) is 0 Å². The van der Waals surface area contributed by atoms with Gasteiger partial charge < -0.3 is 10.6 Å². The Labute approximate surface area is 98.4 Å². The molecule has 0 spiro atoms. The van der Waals surface area contributed by atoms with E-state index in [0.717, 1.165) is 18.0 Å². The minimum atomic E-state index is 0.879. The molecule has 0 bridgehead atoms. The molecular formula is C14H22N2. The summed E-state index contributed by atoms with van der Waals surface area (Å²) >= 11 is 0. The third-order valence-electron chi connectivity index (χ3n) is 3.22. The predicted octanol–water partition coefficient (Wildman–Crippen LogP) is 2.54. The predicted molar refractivity (Wildman–Crippen MR) is 69.4 cm³/mol. The van der Waals surface area contributed by atoms with Gasteiger partial charge in [-0.05, 0) is 62.9 Å². The van der Waals surface area contributed by atoms with Gasteiger partial charge in [0.05, 0.1) is 0 Å². The summed E-state index contributed by atoms with van der Waals surface area (Å²) in [5.41, 5.74) is 7.99. The van der Waals surface area contributed by atoms with Crippen molar-refractivity contribution >= 4 is 5.69 Å². The van der Waals surface area contributed by atoms with Gasteiger partial charge >= 0.3 is 0 Å². The van der Waals surface area contributed by atoms with Crippen LogP contribution in [-0.2, 0) is 6.42 Å². The first-order valence-electron chi connectivity index (χ1n) is 6.27. The van der Waals surface area contributed by atoms with E-state index in [1.807, 2.05) is 12.1 Å². The summed E-state index contributed by atoms with van der Waals surface area (Å²) in [4.78, 5) is 2.46. The maximum Gasteiger partial charge on any atom is 0.0316 e. The molecule has 0 saturated heterocycles. The standard InChI is InChI=1S/C14H22N2/c1-16(11-13-7-8-13)9-3-5-12-4-2-6-14(15)10-12/h2,4,6,10,13H,3,5,7-9,11,15H2,1H3. The second-order valence-corrected chi connectivity index (χ2v) is 5.05. The van der Waals surface area contributed by atoms with Crippen LogP contribution in [0.4, 0.5) is 5.69 Å². The fourth-order valence-electron chi connectivity index (χ4n) is 2.13. The summed E-state index contributed by atoms with van der Waals surface area (Å²) in [7, 11) is 2.23. The van der Waals surface area contributed by atoms with Gasteiger partial charge in [-0.1, -0.05) is 12.1 Å². The van der Waals surface area contributed by atoms with Crippen LogP contribution in [0.2, 0.25) is 0 Å². The highest BCUT2D eigenvalue weighted by atomic mass is 15.1. The number of rotatable bonds is 6. The van der Waals surface area contributed by atoms with Gasteiger partial charge in [-0.3, -0.25) is 0 Å². The van der Waals surface area contributed by atoms with Crippen LogP contribution in [0.25, 0.3) is 0 Å². The van der Waals surface area contributed by atoms with Crippen molar-refractivity contribution in [1.82, 2.24) is 4.90 Å². The lowest BCUT2D eigenvalue weighted by Gasteiger charge is -2.15. The maximum atomic E-state index is 5.75. The summed E-state index contributed by atoms with van der Waals surface area (Å²) in [6.07, 6.45) is 5.26. The normalized spacial score (nSPS) is 15.6. The highest BCUT2D eigenvalue weighted by Gasteiger charge is 2.22. The molecule has 0 atom stereocenters. The quantitative estimate of drug-likeness (QED) is 0.743. The largest absolute Gasteiger partial charge is 0.399 e. The van der Waals surface area contributed by atoms with Crippen molar-refractivity contribution < 1.29 is 0 Å². The van der Waals surface area contributed by atoms with Crippen LogP contribution < -0.4 is 5.73 Å². The molecule has 0 aromatic heterocycles. The molecule has 88 valence electrons. The van der Waals surface area contributed by atoms with E-state index in [1.54, 1.807) is 0 Å². The SMILES string of the molecule is CN(CCCc1cccc(N)c1)CC1CC1. The van der Waals surface area contributed by atoms with Gasteiger partial charge in [-0.15, -0.1) is 0 Å². The van der Waals surface area contributed by atoms with Crippen molar-refractivity contribution in [3.8, 4) is 0 Å². The average Bonchev–Trinajstić information content (AvgIpc) is 3.02. The topological polar surface area (TPSA) is 29.3 Å². The molecule has 0 aliphatic heterocycles. The summed E-state index contributed by atoms with van der Waals surface area (Å²) in [6, 6.07) is 8.24. The van der Waals surface area contributed by atoms with E-state index >= 15 is 0 Å². The number of nitrogens with zero attached hydrogens (tertiary/aromatic N) is 1. The summed E-state index contributed by atoms with van der Waals surface area (Å²) in [5, 5.41) is 0. The van der Waals surface area contributed by atoms with Crippen molar-refractivity contribution in [3.05, 3.63) is 29.8 Å². The Morgan fingerprint density at radius 3 is 2.88 bits per heavy atom. The van der Waals surface area contributed by atoms with Gasteiger partial charge in [-0.25, -0.2) is 0 Å². The lowest BCUT2D eigenvalue weighted by molar-refractivity contribution is 0.316. The molecule has 0 radical (unpaired) electrons. The molecule has 1 fully saturated rings. The molecule has 2 rings (SSSR count). The monoisotopic (exact) mass is 218 g/mol. The minimum Gasteiger partial charge on any atom is -0.399 e. The van der Waals surface area contributed by atoms with Crippen LogP contribution in [-0.4, -0.2) is 25.0 Å². The van der Waals surface area contributed by atoms with Crippen molar-refractivity contribution in [2.75, 3.05) is 25.9 Å². The molecule has 1 aliphatic carbocycles. The molecule has 1 aromatic rings. The Morgan fingerprint density at radius 2 is 2.19 bits per heavy atom. The number of nitrogens with two attached hydrogens (primary N) is 1. The van der Waals surface area contributed by atoms with Crippen LogP contribution in [0, 0.1) is 5.92 Å². The summed E-state index contributed by atoms with van der Waals surface area (Å²) in [5.74, 6) is 0.998. The first kappa shape index (κ1) is 11.5. The fraction of sp³-hybridized carbons (Fsp3) is 0.571. The Bertz CT molecular complexity index is 331. The Morgan fingerprint density at radius 1 is 1.38 bits per heavy atom. The number of anilines is 1. The average molecular weight is 218 g/mol. The number of hydrogen-bond acceptors (Lipinski definition) is 2. The van der Waals surface area contributed by atoms with Crippen molar-refractivity contribution in [1.29, 1.82) is 0 Å². The molecule has 0 unspecified atom stereocenters. The second-order valence-electron chi connectivity index (χ2n) is 5.05. The molecule has 1 aromatic carbocycles. The van der Waals surface area contributed by atoms with E-state index in [2.05, 4.69) is 24.1 Å². The van der Waals surface area contributed by atoms with Gasteiger partial charge in [0.1, 0.15) is 0 Å². The number of benzene rings is 1. The third kappa shape index (κ3) is 3.86. The smallest absolute Gasteiger partial charge is 0.0316 e. The van der Waals surface area contributed by atoms with Crippen LogP contribution in [0.3, 0.4) is 0 Å². The molecule has 0 amide bonds. The molecule has 2 nitrogen and oxygen atoms in total. The minimum absolute atomic E-state index is 0.879. The van der Waals surface area contributed by atoms with Gasteiger partial charge in [0.15, 0.2) is 0 Å².